The average molecular weight is 437 g/mol. The van der Waals surface area contributed by atoms with E-state index in [1.165, 1.54) is 16.2 Å². The van der Waals surface area contributed by atoms with E-state index >= 15 is 0 Å². The third kappa shape index (κ3) is 3.27. The molecule has 0 bridgehead atoms. The van der Waals surface area contributed by atoms with E-state index in [1.54, 1.807) is 32.2 Å². The van der Waals surface area contributed by atoms with Crippen LogP contribution >= 0.6 is 11.3 Å². The van der Waals surface area contributed by atoms with Crippen LogP contribution in [0.4, 0.5) is 4.79 Å². The van der Waals surface area contributed by atoms with E-state index < -0.39 is 11.6 Å². The molecule has 1 saturated heterocycles. The van der Waals surface area contributed by atoms with Crippen molar-refractivity contribution in [3.8, 4) is 27.8 Å². The highest BCUT2D eigenvalue weighted by Gasteiger charge is 2.49. The maximum atomic E-state index is 13.2. The third-order valence-electron chi connectivity index (χ3n) is 5.43. The summed E-state index contributed by atoms with van der Waals surface area (Å²) in [7, 11) is 1.62. The van der Waals surface area contributed by atoms with Gasteiger partial charge in [0.05, 0.1) is 19.3 Å². The lowest BCUT2D eigenvalue weighted by Gasteiger charge is -2.22. The molecule has 8 nitrogen and oxygen atoms in total. The van der Waals surface area contributed by atoms with Crippen molar-refractivity contribution in [2.45, 2.75) is 19.0 Å². The van der Waals surface area contributed by atoms with E-state index in [9.17, 15) is 9.59 Å². The number of imide groups is 1. The number of carbonyl (C=O) groups excluding carboxylic acids is 2. The molecular formula is C22H19N3O5S. The summed E-state index contributed by atoms with van der Waals surface area (Å²) in [5, 5.41) is 5.48. The normalized spacial score (nSPS) is 19.6. The van der Waals surface area contributed by atoms with Crippen LogP contribution in [0.25, 0.3) is 10.6 Å². The third-order valence-corrected chi connectivity index (χ3v) is 6.37. The number of nitrogens with zero attached hydrogens (tertiary/aromatic N) is 2. The maximum Gasteiger partial charge on any atom is 0.325 e. The Balaban J connectivity index is 1.36. The molecule has 0 saturated carbocycles. The minimum Gasteiger partial charge on any atom is -0.497 e. The second-order valence-corrected chi connectivity index (χ2v) is 8.25. The van der Waals surface area contributed by atoms with Gasteiger partial charge in [-0.05, 0) is 48.9 Å². The second kappa shape index (κ2) is 7.28. The molecule has 5 rings (SSSR count). The van der Waals surface area contributed by atoms with E-state index in [0.29, 0.717) is 22.8 Å². The molecule has 158 valence electrons. The number of amides is 3. The summed E-state index contributed by atoms with van der Waals surface area (Å²) in [6.07, 6.45) is 0. The Kier molecular flexibility index (Phi) is 4.55. The zero-order chi connectivity index (χ0) is 21.6. The summed E-state index contributed by atoms with van der Waals surface area (Å²) in [4.78, 5) is 31.7. The van der Waals surface area contributed by atoms with Gasteiger partial charge >= 0.3 is 6.03 Å². The molecular weight excluding hydrogens is 418 g/mol. The second-order valence-electron chi connectivity index (χ2n) is 7.39. The summed E-state index contributed by atoms with van der Waals surface area (Å²) in [5.41, 5.74) is 1.04. The molecule has 1 unspecified atom stereocenters. The first-order valence-corrected chi connectivity index (χ1v) is 10.5. The molecule has 3 amide bonds. The highest BCUT2D eigenvalue weighted by Crippen LogP contribution is 2.38. The lowest BCUT2D eigenvalue weighted by atomic mass is 9.91. The number of methoxy groups -OCH3 is 1. The lowest BCUT2D eigenvalue weighted by molar-refractivity contribution is -0.131. The summed E-state index contributed by atoms with van der Waals surface area (Å²) in [6.45, 7) is 1.92. The number of carbonyl (C=O) groups is 2. The van der Waals surface area contributed by atoms with Crippen LogP contribution in [0.5, 0.6) is 17.2 Å². The van der Waals surface area contributed by atoms with Crippen LogP contribution < -0.4 is 19.5 Å². The van der Waals surface area contributed by atoms with Gasteiger partial charge in [-0.15, -0.1) is 11.3 Å². The quantitative estimate of drug-likeness (QED) is 0.615. The van der Waals surface area contributed by atoms with Crippen LogP contribution in [0.1, 0.15) is 18.2 Å². The van der Waals surface area contributed by atoms with Gasteiger partial charge in [-0.1, -0.05) is 6.07 Å². The Morgan fingerprint density at radius 3 is 2.71 bits per heavy atom. The van der Waals surface area contributed by atoms with Crippen molar-refractivity contribution in [2.75, 3.05) is 13.9 Å². The minimum atomic E-state index is -1.19. The van der Waals surface area contributed by atoms with Gasteiger partial charge in [-0.25, -0.2) is 9.78 Å². The monoisotopic (exact) mass is 437 g/mol. The van der Waals surface area contributed by atoms with E-state index in [1.807, 2.05) is 29.6 Å². The van der Waals surface area contributed by atoms with Gasteiger partial charge < -0.3 is 19.5 Å². The number of thiazole rings is 1. The van der Waals surface area contributed by atoms with Gasteiger partial charge in [-0.3, -0.25) is 9.69 Å². The number of benzene rings is 2. The fourth-order valence-corrected chi connectivity index (χ4v) is 4.47. The lowest BCUT2D eigenvalue weighted by Crippen LogP contribution is -2.40. The molecule has 1 atom stereocenters. The molecule has 1 fully saturated rings. The van der Waals surface area contributed by atoms with Crippen molar-refractivity contribution in [1.82, 2.24) is 15.2 Å². The first-order valence-electron chi connectivity index (χ1n) is 9.61. The summed E-state index contributed by atoms with van der Waals surface area (Å²) < 4.78 is 15.9. The molecule has 2 aliphatic heterocycles. The van der Waals surface area contributed by atoms with E-state index in [4.69, 9.17) is 14.2 Å². The Hall–Kier alpha value is -3.59. The van der Waals surface area contributed by atoms with Gasteiger partial charge in [-0.2, -0.15) is 0 Å². The van der Waals surface area contributed by atoms with Crippen molar-refractivity contribution in [3.63, 3.8) is 0 Å². The molecule has 0 radical (unpaired) electrons. The number of ether oxygens (including phenoxy) is 3. The van der Waals surface area contributed by atoms with Gasteiger partial charge in [0.1, 0.15) is 16.3 Å². The van der Waals surface area contributed by atoms with Crippen molar-refractivity contribution in [2.24, 2.45) is 0 Å². The van der Waals surface area contributed by atoms with Crippen LogP contribution in [-0.2, 0) is 16.9 Å². The van der Waals surface area contributed by atoms with Gasteiger partial charge in [0.2, 0.25) is 6.79 Å². The van der Waals surface area contributed by atoms with E-state index in [-0.39, 0.29) is 19.2 Å². The fourth-order valence-electron chi connectivity index (χ4n) is 3.65. The fraction of sp³-hybridized carbons (Fsp3) is 0.227. The SMILES string of the molecule is COc1ccc(-c2nc(CN3C(=O)NC(C)(c4ccc5c(c4)OCO5)C3=O)cs2)cc1. The number of nitrogens with one attached hydrogen (secondary N) is 1. The molecule has 3 heterocycles. The Morgan fingerprint density at radius 1 is 1.16 bits per heavy atom. The van der Waals surface area contributed by atoms with Crippen molar-refractivity contribution in [3.05, 3.63) is 59.1 Å². The minimum absolute atomic E-state index is 0.0947. The molecule has 3 aromatic rings. The number of aromatic nitrogens is 1. The molecule has 9 heteroatoms. The molecule has 2 aromatic carbocycles. The van der Waals surface area contributed by atoms with Crippen LogP contribution in [-0.4, -0.2) is 35.7 Å². The Morgan fingerprint density at radius 2 is 1.94 bits per heavy atom. The van der Waals surface area contributed by atoms with Crippen LogP contribution in [0.2, 0.25) is 0 Å². The molecule has 0 spiro atoms. The Labute approximate surface area is 182 Å². The smallest absolute Gasteiger partial charge is 0.325 e. The number of hydrogen-bond acceptors (Lipinski definition) is 7. The summed E-state index contributed by atoms with van der Waals surface area (Å²) in [6, 6.07) is 12.4. The Bertz CT molecular complexity index is 1180. The number of hydrogen-bond donors (Lipinski definition) is 1. The van der Waals surface area contributed by atoms with Gasteiger partial charge in [0.15, 0.2) is 11.5 Å². The summed E-state index contributed by atoms with van der Waals surface area (Å²) in [5.74, 6) is 1.61. The first-order chi connectivity index (χ1) is 15.0. The topological polar surface area (TPSA) is 90.0 Å². The van der Waals surface area contributed by atoms with Crippen molar-refractivity contribution in [1.29, 1.82) is 0 Å². The molecule has 2 aliphatic rings. The maximum absolute atomic E-state index is 13.2. The van der Waals surface area contributed by atoms with Crippen molar-refractivity contribution < 1.29 is 23.8 Å². The largest absolute Gasteiger partial charge is 0.497 e. The standard InChI is InChI=1S/C22H19N3O5S/c1-22(14-5-8-17-18(9-14)30-12-29-17)20(26)25(21(27)24-22)10-15-11-31-19(23-15)13-3-6-16(28-2)7-4-13/h3-9,11H,10,12H2,1-2H3,(H,24,27). The zero-order valence-electron chi connectivity index (χ0n) is 16.9. The molecule has 1 N–H and O–H groups in total. The number of rotatable bonds is 5. The number of fused-ring (bicyclic) bond motifs is 1. The number of urea groups is 1. The van der Waals surface area contributed by atoms with Crippen LogP contribution in [0, 0.1) is 0 Å². The van der Waals surface area contributed by atoms with E-state index in [0.717, 1.165) is 16.3 Å². The molecule has 31 heavy (non-hydrogen) atoms. The van der Waals surface area contributed by atoms with Crippen LogP contribution in [0.15, 0.2) is 47.8 Å². The van der Waals surface area contributed by atoms with Crippen LogP contribution in [0.3, 0.4) is 0 Å². The van der Waals surface area contributed by atoms with Gasteiger partial charge in [0.25, 0.3) is 5.91 Å². The predicted molar refractivity (Wildman–Crippen MR) is 113 cm³/mol. The van der Waals surface area contributed by atoms with Gasteiger partial charge in [0, 0.05) is 10.9 Å². The highest BCUT2D eigenvalue weighted by atomic mass is 32.1. The predicted octanol–water partition coefficient (Wildman–Crippen LogP) is 3.51. The van der Waals surface area contributed by atoms with Crippen molar-refractivity contribution >= 4 is 23.3 Å². The molecule has 0 aliphatic carbocycles. The zero-order valence-corrected chi connectivity index (χ0v) is 17.7. The first kappa shape index (κ1) is 19.4. The highest BCUT2D eigenvalue weighted by molar-refractivity contribution is 7.13. The summed E-state index contributed by atoms with van der Waals surface area (Å²) >= 11 is 1.46. The average Bonchev–Trinajstić information content (AvgIpc) is 3.49. The molecule has 1 aromatic heterocycles. The van der Waals surface area contributed by atoms with E-state index in [2.05, 4.69) is 10.3 Å².